The van der Waals surface area contributed by atoms with Gasteiger partial charge in [0, 0.05) is 17.5 Å². The Labute approximate surface area is 186 Å². The molecular formula is C19H20F3N3O3S3. The fourth-order valence-corrected chi connectivity index (χ4v) is 6.54. The number of carbonyl (C=O) groups is 1. The molecule has 1 amide bonds. The van der Waals surface area contributed by atoms with E-state index in [-0.39, 0.29) is 17.6 Å². The summed E-state index contributed by atoms with van der Waals surface area (Å²) in [6, 6.07) is 9.33. The number of hydrogen-bond donors (Lipinski definition) is 2. The molecule has 0 saturated carbocycles. The Balaban J connectivity index is 1.44. The van der Waals surface area contributed by atoms with Gasteiger partial charge in [0.25, 0.3) is 5.91 Å². The molecule has 1 aromatic carbocycles. The molecule has 0 aliphatic carbocycles. The van der Waals surface area contributed by atoms with E-state index >= 15 is 0 Å². The number of nitrogens with zero attached hydrogens (tertiary/aromatic N) is 1. The number of anilines is 1. The molecule has 0 radical (unpaired) electrons. The van der Waals surface area contributed by atoms with Crippen LogP contribution in [0.1, 0.15) is 22.5 Å². The third-order valence-electron chi connectivity index (χ3n) is 5.42. The van der Waals surface area contributed by atoms with Crippen LogP contribution in [0, 0.1) is 5.92 Å². The average molecular weight is 492 g/mol. The quantitative estimate of drug-likeness (QED) is 0.639. The predicted octanol–water partition coefficient (Wildman–Crippen LogP) is 3.98. The van der Waals surface area contributed by atoms with Crippen LogP contribution in [0.5, 0.6) is 0 Å². The van der Waals surface area contributed by atoms with Crippen molar-refractivity contribution in [2.45, 2.75) is 33.5 Å². The van der Waals surface area contributed by atoms with Gasteiger partial charge in [0.05, 0.1) is 14.8 Å². The second kappa shape index (κ2) is 8.64. The Bertz CT molecular complexity index is 1060. The number of halogens is 3. The van der Waals surface area contributed by atoms with Crippen molar-refractivity contribution < 1.29 is 26.4 Å². The summed E-state index contributed by atoms with van der Waals surface area (Å²) in [5, 5.41) is 3.11. The molecule has 1 aromatic heterocycles. The number of carbonyl (C=O) groups excluding carboxylic acids is 1. The maximum atomic E-state index is 12.7. The highest BCUT2D eigenvalue weighted by Crippen LogP contribution is 2.39. The van der Waals surface area contributed by atoms with Crippen LogP contribution in [-0.2, 0) is 10.0 Å². The van der Waals surface area contributed by atoms with Crippen LogP contribution in [0.2, 0.25) is 0 Å². The van der Waals surface area contributed by atoms with Crippen molar-refractivity contribution in [1.29, 1.82) is 0 Å². The number of fused-ring (bicyclic) bond motifs is 3. The lowest BCUT2D eigenvalue weighted by molar-refractivity contribution is -0.0429. The summed E-state index contributed by atoms with van der Waals surface area (Å²) in [6.45, 7) is 3.01. The Hall–Kier alpha value is -1.76. The van der Waals surface area contributed by atoms with Gasteiger partial charge in [-0.2, -0.15) is 21.6 Å². The van der Waals surface area contributed by atoms with Crippen molar-refractivity contribution in [1.82, 2.24) is 10.2 Å². The molecule has 4 heterocycles. The molecule has 12 heteroatoms. The van der Waals surface area contributed by atoms with Crippen molar-refractivity contribution in [2.24, 2.45) is 5.92 Å². The molecule has 2 bridgehead atoms. The molecule has 1 atom stereocenters. The van der Waals surface area contributed by atoms with E-state index in [2.05, 4.69) is 10.2 Å². The molecule has 3 aliphatic rings. The lowest BCUT2D eigenvalue weighted by atomic mass is 9.84. The number of hydrogen-bond acceptors (Lipinski definition) is 6. The summed E-state index contributed by atoms with van der Waals surface area (Å²) >= 11 is 2.31. The lowest BCUT2D eigenvalue weighted by Gasteiger charge is -2.44. The van der Waals surface area contributed by atoms with Crippen molar-refractivity contribution >= 4 is 44.7 Å². The van der Waals surface area contributed by atoms with Crippen LogP contribution in [0.15, 0.2) is 45.5 Å². The van der Waals surface area contributed by atoms with Gasteiger partial charge in [0.1, 0.15) is 0 Å². The third kappa shape index (κ3) is 5.02. The van der Waals surface area contributed by atoms with Gasteiger partial charge in [-0.1, -0.05) is 23.9 Å². The van der Waals surface area contributed by atoms with Gasteiger partial charge in [-0.05, 0) is 56.1 Å². The average Bonchev–Trinajstić information content (AvgIpc) is 3.18. The molecule has 2 N–H and O–H groups in total. The fraction of sp³-hybridized carbons (Fsp3) is 0.421. The predicted molar refractivity (Wildman–Crippen MR) is 114 cm³/mol. The van der Waals surface area contributed by atoms with Gasteiger partial charge in [0.15, 0.2) is 0 Å². The Kier molecular flexibility index (Phi) is 6.25. The van der Waals surface area contributed by atoms with Crippen molar-refractivity contribution in [2.75, 3.05) is 24.4 Å². The molecule has 3 aliphatic heterocycles. The molecule has 31 heavy (non-hydrogen) atoms. The third-order valence-corrected chi connectivity index (χ3v) is 8.81. The number of piperidine rings is 3. The maximum absolute atomic E-state index is 12.7. The van der Waals surface area contributed by atoms with E-state index in [4.69, 9.17) is 0 Å². The highest BCUT2D eigenvalue weighted by atomic mass is 32.2. The Morgan fingerprint density at radius 2 is 1.84 bits per heavy atom. The minimum absolute atomic E-state index is 0.130. The zero-order chi connectivity index (χ0) is 22.2. The Morgan fingerprint density at radius 1 is 1.13 bits per heavy atom. The van der Waals surface area contributed by atoms with Crippen LogP contribution in [0.3, 0.4) is 0 Å². The number of benzene rings is 1. The number of alkyl halides is 3. The summed E-state index contributed by atoms with van der Waals surface area (Å²) in [7, 11) is -5.52. The minimum Gasteiger partial charge on any atom is -0.347 e. The van der Waals surface area contributed by atoms with E-state index < -0.39 is 15.5 Å². The second-order valence-corrected chi connectivity index (χ2v) is 11.6. The van der Waals surface area contributed by atoms with Gasteiger partial charge in [-0.25, -0.2) is 0 Å². The maximum Gasteiger partial charge on any atom is 0.516 e. The SMILES string of the molecule is O=C(N[C@H]1CN2CCC1CC2)c1ccc(Sc2ccccc2NS(=O)(=O)C(F)(F)F)s1. The molecule has 168 valence electrons. The molecule has 3 saturated heterocycles. The lowest BCUT2D eigenvalue weighted by Crippen LogP contribution is -2.57. The first-order chi connectivity index (χ1) is 14.6. The highest BCUT2D eigenvalue weighted by molar-refractivity contribution is 8.01. The van der Waals surface area contributed by atoms with Crippen LogP contribution < -0.4 is 10.0 Å². The minimum atomic E-state index is -5.52. The topological polar surface area (TPSA) is 78.5 Å². The van der Waals surface area contributed by atoms with E-state index in [1.807, 2.05) is 0 Å². The monoisotopic (exact) mass is 491 g/mol. The van der Waals surface area contributed by atoms with Crippen molar-refractivity contribution in [3.05, 3.63) is 41.3 Å². The summed E-state index contributed by atoms with van der Waals surface area (Å²) in [5.41, 5.74) is -5.58. The summed E-state index contributed by atoms with van der Waals surface area (Å²) in [5.74, 6) is 0.331. The zero-order valence-corrected chi connectivity index (χ0v) is 18.6. The molecular weight excluding hydrogens is 471 g/mol. The molecule has 0 unspecified atom stereocenters. The first-order valence-electron chi connectivity index (χ1n) is 9.61. The second-order valence-electron chi connectivity index (χ2n) is 7.49. The van der Waals surface area contributed by atoms with Gasteiger partial charge < -0.3 is 10.2 Å². The Morgan fingerprint density at radius 3 is 2.48 bits per heavy atom. The van der Waals surface area contributed by atoms with E-state index in [0.717, 1.165) is 44.2 Å². The first kappa shape index (κ1) is 22.4. The number of para-hydroxylation sites is 1. The molecule has 2 aromatic rings. The summed E-state index contributed by atoms with van der Waals surface area (Å²) in [4.78, 5) is 15.8. The van der Waals surface area contributed by atoms with E-state index in [9.17, 15) is 26.4 Å². The van der Waals surface area contributed by atoms with E-state index in [0.29, 0.717) is 19.9 Å². The molecule has 6 nitrogen and oxygen atoms in total. The normalized spacial score (nSPS) is 23.5. The van der Waals surface area contributed by atoms with Crippen molar-refractivity contribution in [3.63, 3.8) is 0 Å². The number of thiophene rings is 1. The number of nitrogens with one attached hydrogen (secondary N) is 2. The van der Waals surface area contributed by atoms with Crippen LogP contribution in [0.4, 0.5) is 18.9 Å². The molecule has 5 rings (SSSR count). The van der Waals surface area contributed by atoms with E-state index in [1.54, 1.807) is 22.9 Å². The highest BCUT2D eigenvalue weighted by Gasteiger charge is 2.46. The van der Waals surface area contributed by atoms with Crippen LogP contribution in [0.25, 0.3) is 0 Å². The van der Waals surface area contributed by atoms with Crippen molar-refractivity contribution in [3.8, 4) is 0 Å². The largest absolute Gasteiger partial charge is 0.516 e. The number of amides is 1. The van der Waals surface area contributed by atoms with Gasteiger partial charge >= 0.3 is 15.5 Å². The molecule has 0 spiro atoms. The fourth-order valence-electron chi connectivity index (χ4n) is 3.82. The smallest absolute Gasteiger partial charge is 0.347 e. The number of rotatable bonds is 6. The standard InChI is InChI=1S/C19H20F3N3O3S3/c20-19(21,22)31(27,28)24-13-3-1-2-4-15(13)29-17-6-5-16(30-17)18(26)23-14-11-25-9-7-12(14)8-10-25/h1-6,12,14,24H,7-11H2,(H,23,26)/t14-/m0/s1. The van der Waals surface area contributed by atoms with Crippen LogP contribution in [-0.4, -0.2) is 50.4 Å². The summed E-state index contributed by atoms with van der Waals surface area (Å²) in [6.07, 6.45) is 2.17. The molecule has 3 fully saturated rings. The zero-order valence-electron chi connectivity index (χ0n) is 16.2. The van der Waals surface area contributed by atoms with Gasteiger partial charge in [-0.15, -0.1) is 11.3 Å². The van der Waals surface area contributed by atoms with Crippen LogP contribution >= 0.6 is 23.1 Å². The van der Waals surface area contributed by atoms with E-state index in [1.165, 1.54) is 29.5 Å². The van der Waals surface area contributed by atoms with Gasteiger partial charge in [0.2, 0.25) is 0 Å². The number of sulfonamides is 1. The summed E-state index contributed by atoms with van der Waals surface area (Å²) < 4.78 is 63.3. The van der Waals surface area contributed by atoms with Gasteiger partial charge in [-0.3, -0.25) is 9.52 Å². The first-order valence-corrected chi connectivity index (χ1v) is 12.7.